The summed E-state index contributed by atoms with van der Waals surface area (Å²) in [6.45, 7) is 3.56. The van der Waals surface area contributed by atoms with Gasteiger partial charge in [0.05, 0.1) is 12.5 Å². The van der Waals surface area contributed by atoms with Gasteiger partial charge in [-0.05, 0) is 78.9 Å². The topological polar surface area (TPSA) is 274 Å². The van der Waals surface area contributed by atoms with Gasteiger partial charge in [0.25, 0.3) is 16.7 Å². The number of nitrogen functional groups attached to an aromatic ring is 2. The molecule has 8 rings (SSSR count). The zero-order valence-electron chi connectivity index (χ0n) is 30.9. The van der Waals surface area contributed by atoms with Crippen molar-refractivity contribution in [1.29, 1.82) is 0 Å². The number of fused-ring (bicyclic) bond motifs is 2. The highest BCUT2D eigenvalue weighted by molar-refractivity contribution is 7.90. The van der Waals surface area contributed by atoms with Crippen molar-refractivity contribution in [2.75, 3.05) is 48.5 Å². The number of hydrogen-bond acceptors (Lipinski definition) is 17. The van der Waals surface area contributed by atoms with E-state index in [-0.39, 0.29) is 23.5 Å². The number of anilines is 4. The number of sulfone groups is 1. The van der Waals surface area contributed by atoms with Crippen molar-refractivity contribution in [2.24, 2.45) is 5.73 Å². The molecule has 8 aromatic rings. The van der Waals surface area contributed by atoms with Crippen LogP contribution >= 0.6 is 0 Å². The van der Waals surface area contributed by atoms with Crippen LogP contribution in [-0.2, 0) is 29.1 Å². The Morgan fingerprint density at radius 1 is 0.696 bits per heavy atom. The summed E-state index contributed by atoms with van der Waals surface area (Å²) < 4.78 is 35.8. The lowest BCUT2D eigenvalue weighted by Crippen LogP contribution is -2.12. The van der Waals surface area contributed by atoms with Gasteiger partial charge < -0.3 is 36.7 Å². The minimum absolute atomic E-state index is 0.0410. The van der Waals surface area contributed by atoms with E-state index in [1.165, 1.54) is 27.5 Å². The fourth-order valence-electron chi connectivity index (χ4n) is 5.12. The third kappa shape index (κ3) is 9.59. The van der Waals surface area contributed by atoms with E-state index >= 15 is 0 Å². The smallest absolute Gasteiger partial charge is 0.259 e. The number of rotatable bonds is 11. The Labute approximate surface area is 321 Å². The van der Waals surface area contributed by atoms with E-state index < -0.39 is 15.0 Å². The third-order valence-electron chi connectivity index (χ3n) is 8.06. The fourth-order valence-corrected chi connectivity index (χ4v) is 5.63. The SMILES string of the molecule is CCc1ccc(CCNc2nc(N)n3nc(-c4ccco4)nc3n2)cc1.CNc1ccc(CCN)cc1.CS(=O)(=O)c1nc(N)n2nc(-c3ccco3)nc2n1. The predicted octanol–water partition coefficient (Wildman–Crippen LogP) is 3.57. The minimum atomic E-state index is -3.57. The molecule has 2 aromatic carbocycles. The number of nitrogens with zero attached hydrogens (tertiary/aromatic N) is 10. The zero-order chi connectivity index (χ0) is 39.7. The second-order valence-corrected chi connectivity index (χ2v) is 14.0. The molecule has 0 amide bonds. The molecule has 0 atom stereocenters. The van der Waals surface area contributed by atoms with Crippen LogP contribution in [-0.4, -0.2) is 83.9 Å². The molecule has 0 aliphatic heterocycles. The van der Waals surface area contributed by atoms with Crippen LogP contribution in [0.2, 0.25) is 0 Å². The normalized spacial score (nSPS) is 11.1. The Morgan fingerprint density at radius 2 is 1.23 bits per heavy atom. The van der Waals surface area contributed by atoms with Crippen molar-refractivity contribution in [1.82, 2.24) is 49.1 Å². The molecular weight excluding hydrogens is 739 g/mol. The maximum absolute atomic E-state index is 11.4. The first-order chi connectivity index (χ1) is 27.0. The highest BCUT2D eigenvalue weighted by Gasteiger charge is 2.18. The number of benzene rings is 2. The maximum Gasteiger partial charge on any atom is 0.259 e. The molecule has 6 aromatic heterocycles. The second kappa shape index (κ2) is 17.5. The molecule has 6 heterocycles. The molecule has 0 bridgehead atoms. The number of nitrogens with one attached hydrogen (secondary N) is 2. The van der Waals surface area contributed by atoms with Crippen LogP contribution in [0.4, 0.5) is 23.5 Å². The number of hydrogen-bond donors (Lipinski definition) is 5. The average molecular weight is 780 g/mol. The van der Waals surface area contributed by atoms with E-state index in [1.807, 2.05) is 7.05 Å². The lowest BCUT2D eigenvalue weighted by atomic mass is 10.1. The molecule has 0 radical (unpaired) electrons. The lowest BCUT2D eigenvalue weighted by Gasteiger charge is -2.06. The summed E-state index contributed by atoms with van der Waals surface area (Å²) in [7, 11) is -1.65. The monoisotopic (exact) mass is 779 g/mol. The van der Waals surface area contributed by atoms with E-state index in [9.17, 15) is 8.42 Å². The summed E-state index contributed by atoms with van der Waals surface area (Å²) >= 11 is 0. The fraction of sp³-hybridized carbons (Fsp3) is 0.222. The molecule has 0 aliphatic carbocycles. The third-order valence-corrected chi connectivity index (χ3v) is 8.91. The first kappa shape index (κ1) is 38.8. The molecule has 0 aliphatic rings. The summed E-state index contributed by atoms with van der Waals surface area (Å²) in [5.41, 5.74) is 22.1. The van der Waals surface area contributed by atoms with Gasteiger partial charge in [0, 0.05) is 25.5 Å². The van der Waals surface area contributed by atoms with E-state index in [2.05, 4.69) is 106 Å². The van der Waals surface area contributed by atoms with Gasteiger partial charge in [-0.3, -0.25) is 0 Å². The van der Waals surface area contributed by atoms with Gasteiger partial charge in [-0.2, -0.15) is 38.9 Å². The Balaban J connectivity index is 0.000000155. The first-order valence-corrected chi connectivity index (χ1v) is 19.3. The summed E-state index contributed by atoms with van der Waals surface area (Å²) in [5, 5.41) is 14.2. The van der Waals surface area contributed by atoms with Crippen LogP contribution in [0.5, 0.6) is 0 Å². The van der Waals surface area contributed by atoms with Crippen LogP contribution in [0, 0.1) is 0 Å². The molecule has 0 saturated carbocycles. The lowest BCUT2D eigenvalue weighted by molar-refractivity contribution is 0.577. The molecule has 0 saturated heterocycles. The van der Waals surface area contributed by atoms with Gasteiger partial charge in [0.1, 0.15) is 0 Å². The molecule has 20 heteroatoms. The van der Waals surface area contributed by atoms with E-state index in [1.54, 1.807) is 30.5 Å². The van der Waals surface area contributed by atoms with Gasteiger partial charge >= 0.3 is 0 Å². The molecule has 56 heavy (non-hydrogen) atoms. The largest absolute Gasteiger partial charge is 0.461 e. The van der Waals surface area contributed by atoms with Gasteiger partial charge in [-0.1, -0.05) is 43.3 Å². The Bertz CT molecular complexity index is 2590. The molecule has 0 fully saturated rings. The van der Waals surface area contributed by atoms with Gasteiger partial charge in [0.2, 0.25) is 39.3 Å². The zero-order valence-corrected chi connectivity index (χ0v) is 31.7. The first-order valence-electron chi connectivity index (χ1n) is 17.4. The van der Waals surface area contributed by atoms with E-state index in [0.717, 1.165) is 42.3 Å². The van der Waals surface area contributed by atoms with Gasteiger partial charge in [0.15, 0.2) is 11.5 Å². The van der Waals surface area contributed by atoms with Crippen molar-refractivity contribution in [3.63, 3.8) is 0 Å². The molecule has 290 valence electrons. The highest BCUT2D eigenvalue weighted by Crippen LogP contribution is 2.19. The quantitative estimate of drug-likeness (QED) is 0.125. The number of aromatic nitrogens is 10. The second-order valence-electron chi connectivity index (χ2n) is 12.1. The average Bonchev–Trinajstić information content (AvgIpc) is 4.03. The summed E-state index contributed by atoms with van der Waals surface area (Å²) in [6.07, 6.45) is 6.90. The van der Waals surface area contributed by atoms with Crippen LogP contribution < -0.4 is 27.8 Å². The van der Waals surface area contributed by atoms with Crippen molar-refractivity contribution in [2.45, 2.75) is 31.3 Å². The van der Waals surface area contributed by atoms with Crippen LogP contribution in [0.25, 0.3) is 34.7 Å². The number of aryl methyl sites for hydroxylation is 1. The highest BCUT2D eigenvalue weighted by atomic mass is 32.2. The van der Waals surface area contributed by atoms with E-state index in [0.29, 0.717) is 35.6 Å². The van der Waals surface area contributed by atoms with E-state index in [4.69, 9.17) is 26.0 Å². The van der Waals surface area contributed by atoms with Gasteiger partial charge in [-0.15, -0.1) is 10.2 Å². The molecule has 8 N–H and O–H groups in total. The molecule has 0 unspecified atom stereocenters. The van der Waals surface area contributed by atoms with Gasteiger partial charge in [-0.25, -0.2) is 8.42 Å². The summed E-state index contributed by atoms with van der Waals surface area (Å²) in [5.74, 6) is 2.59. The van der Waals surface area contributed by atoms with Crippen LogP contribution in [0.1, 0.15) is 23.6 Å². The van der Waals surface area contributed by atoms with Crippen LogP contribution in [0.3, 0.4) is 0 Å². The minimum Gasteiger partial charge on any atom is -0.461 e. The number of nitrogens with two attached hydrogens (primary N) is 3. The maximum atomic E-state index is 11.4. The Morgan fingerprint density at radius 3 is 1.75 bits per heavy atom. The van der Waals surface area contributed by atoms with Crippen molar-refractivity contribution in [3.8, 4) is 23.2 Å². The summed E-state index contributed by atoms with van der Waals surface area (Å²) in [4.78, 5) is 24.5. The number of furan rings is 2. The summed E-state index contributed by atoms with van der Waals surface area (Å²) in [6, 6.07) is 23.8. The molecular formula is C36H41N15O4S. The Hall–Kier alpha value is -6.93. The van der Waals surface area contributed by atoms with Crippen LogP contribution in [0.15, 0.2) is 99.3 Å². The van der Waals surface area contributed by atoms with Crippen molar-refractivity contribution >= 4 is 44.9 Å². The Kier molecular flexibility index (Phi) is 12.1. The standard InChI is InChI=1S/C18H19N7O.C9H8N6O3S.C9H14N2/c1-2-12-5-7-13(8-6-12)9-10-20-17-22-16(19)25-18(23-17)21-15(24-25)14-4-3-11-26-14;1-19(16,17)9-12-7(10)15-8(13-9)11-6(14-15)5-3-2-4-18-5;1-11-9-4-2-8(3-5-9)6-7-10/h3-8,11H,2,9-10H2,1H3,(H3,19,20,21,22,23,24);2-4H,1H3,(H2,10,11,12,13,14);2-5,11H,6-7,10H2,1H3. The predicted molar refractivity (Wildman–Crippen MR) is 211 cm³/mol. The molecule has 0 spiro atoms. The molecule has 19 nitrogen and oxygen atoms in total. The van der Waals surface area contributed by atoms with Crippen molar-refractivity contribution in [3.05, 3.63) is 102 Å². The van der Waals surface area contributed by atoms with Crippen molar-refractivity contribution < 1.29 is 17.3 Å².